The molecule has 1 rings (SSSR count). The minimum Gasteiger partial charge on any atom is -0.326 e. The predicted molar refractivity (Wildman–Crippen MR) is 36.4 cm³/mol. The number of carbonyl (C=O) groups excluding carboxylic acids is 1. The predicted octanol–water partition coefficient (Wildman–Crippen LogP) is -0.397. The summed E-state index contributed by atoms with van der Waals surface area (Å²) in [6.45, 7) is 1.74. The summed E-state index contributed by atoms with van der Waals surface area (Å²) in [7, 11) is 3.62. The van der Waals surface area contributed by atoms with E-state index in [0.717, 1.165) is 13.1 Å². The van der Waals surface area contributed by atoms with Gasteiger partial charge in [-0.2, -0.15) is 0 Å². The molecule has 1 radical (unpaired) electrons. The van der Waals surface area contributed by atoms with Crippen LogP contribution in [0.15, 0.2) is 0 Å². The van der Waals surface area contributed by atoms with Crippen LogP contribution in [-0.4, -0.2) is 61.9 Å². The summed E-state index contributed by atoms with van der Waals surface area (Å²) in [6, 6.07) is 0.130. The van der Waals surface area contributed by atoms with Crippen molar-refractivity contribution in [2.24, 2.45) is 0 Å². The van der Waals surface area contributed by atoms with Crippen LogP contribution in [0.5, 0.6) is 0 Å². The number of rotatable bonds is 0. The first-order valence-electron chi connectivity index (χ1n) is 2.68. The zero-order chi connectivity index (χ0) is 6.15. The van der Waals surface area contributed by atoms with E-state index < -0.39 is 0 Å². The second-order valence-electron chi connectivity index (χ2n) is 2.13. The summed E-state index contributed by atoms with van der Waals surface area (Å²) in [5.74, 6) is 0. The number of carbonyl (C=O) groups is 1. The average Bonchev–Trinajstić information content (AvgIpc) is 1.98. The van der Waals surface area contributed by atoms with Crippen molar-refractivity contribution >= 4 is 24.9 Å². The van der Waals surface area contributed by atoms with Crippen LogP contribution < -0.4 is 0 Å². The normalized spacial score (nSPS) is 18.2. The summed E-state index contributed by atoms with van der Waals surface area (Å²) < 4.78 is 0. The Morgan fingerprint density at radius 2 is 1.56 bits per heavy atom. The Morgan fingerprint density at radius 3 is 1.67 bits per heavy atom. The van der Waals surface area contributed by atoms with Crippen LogP contribution in [0.3, 0.4) is 0 Å². The van der Waals surface area contributed by atoms with E-state index in [1.54, 1.807) is 9.80 Å². The number of nitrogens with zero attached hydrogens (tertiary/aromatic N) is 2. The molecule has 4 heteroatoms. The molecule has 0 spiro atoms. The summed E-state index contributed by atoms with van der Waals surface area (Å²) in [5, 5.41) is 0. The van der Waals surface area contributed by atoms with E-state index in [9.17, 15) is 4.79 Å². The molecule has 0 aliphatic carbocycles. The van der Waals surface area contributed by atoms with Gasteiger partial charge in [0.2, 0.25) is 0 Å². The monoisotopic (exact) mass is 121 g/mol. The zero-order valence-electron chi connectivity index (χ0n) is 6.22. The third-order valence-electron chi connectivity index (χ3n) is 1.42. The van der Waals surface area contributed by atoms with E-state index in [0.29, 0.717) is 0 Å². The minimum atomic E-state index is 0. The third kappa shape index (κ3) is 1.64. The molecule has 0 unspecified atom stereocenters. The Balaban J connectivity index is 0.000000640. The van der Waals surface area contributed by atoms with Crippen molar-refractivity contribution in [1.29, 1.82) is 0 Å². The molecule has 1 aliphatic rings. The Bertz CT molecular complexity index is 106. The molecule has 1 heterocycles. The first-order valence-corrected chi connectivity index (χ1v) is 2.68. The molecule has 0 atom stereocenters. The molecule has 3 nitrogen and oxygen atoms in total. The molecule has 2 amide bonds. The Kier molecular flexibility index (Phi) is 3.10. The van der Waals surface area contributed by atoms with Crippen LogP contribution in [0.25, 0.3) is 0 Å². The van der Waals surface area contributed by atoms with Crippen LogP contribution >= 0.6 is 0 Å². The molecule has 1 aliphatic heterocycles. The van der Waals surface area contributed by atoms with Crippen LogP contribution in [-0.2, 0) is 0 Å². The topological polar surface area (TPSA) is 23.6 Å². The smallest absolute Gasteiger partial charge is 0.319 e. The van der Waals surface area contributed by atoms with Gasteiger partial charge in [0.05, 0.1) is 0 Å². The van der Waals surface area contributed by atoms with Crippen molar-refractivity contribution in [3.05, 3.63) is 0 Å². The molecular formula is C5H10LiN2O. The van der Waals surface area contributed by atoms with Gasteiger partial charge in [-0.3, -0.25) is 0 Å². The average molecular weight is 121 g/mol. The fraction of sp³-hybridized carbons (Fsp3) is 0.800. The van der Waals surface area contributed by atoms with Gasteiger partial charge in [-0.15, -0.1) is 0 Å². The van der Waals surface area contributed by atoms with Crippen molar-refractivity contribution in [3.8, 4) is 0 Å². The van der Waals surface area contributed by atoms with E-state index in [4.69, 9.17) is 0 Å². The largest absolute Gasteiger partial charge is 0.326 e. The van der Waals surface area contributed by atoms with Gasteiger partial charge in [0.15, 0.2) is 0 Å². The Labute approximate surface area is 67.2 Å². The molecule has 0 aromatic heterocycles. The van der Waals surface area contributed by atoms with Crippen molar-refractivity contribution < 1.29 is 4.79 Å². The van der Waals surface area contributed by atoms with E-state index >= 15 is 0 Å². The number of urea groups is 1. The van der Waals surface area contributed by atoms with E-state index in [2.05, 4.69) is 0 Å². The van der Waals surface area contributed by atoms with Gasteiger partial charge < -0.3 is 9.80 Å². The maximum absolute atomic E-state index is 10.8. The van der Waals surface area contributed by atoms with Gasteiger partial charge in [-0.25, -0.2) is 4.79 Å². The first-order chi connectivity index (χ1) is 3.72. The van der Waals surface area contributed by atoms with Crippen molar-refractivity contribution in [2.45, 2.75) is 0 Å². The number of likely N-dealkylation sites (N-methyl/N-ethyl adjacent to an activating group) is 2. The van der Waals surface area contributed by atoms with Gasteiger partial charge in [-0.05, 0) is 0 Å². The second kappa shape index (κ2) is 3.14. The molecule has 1 saturated heterocycles. The molecule has 0 aromatic carbocycles. The third-order valence-corrected chi connectivity index (χ3v) is 1.42. The number of amides is 2. The number of hydrogen-bond acceptors (Lipinski definition) is 1. The molecule has 0 aromatic rings. The van der Waals surface area contributed by atoms with Gasteiger partial charge in [0, 0.05) is 46.0 Å². The fourth-order valence-electron chi connectivity index (χ4n) is 0.783. The summed E-state index contributed by atoms with van der Waals surface area (Å²) in [5.41, 5.74) is 0. The molecule has 0 saturated carbocycles. The van der Waals surface area contributed by atoms with Crippen molar-refractivity contribution in [3.63, 3.8) is 0 Å². The van der Waals surface area contributed by atoms with E-state index in [1.807, 2.05) is 14.1 Å². The van der Waals surface area contributed by atoms with Crippen LogP contribution in [0.2, 0.25) is 0 Å². The second-order valence-corrected chi connectivity index (χ2v) is 2.13. The van der Waals surface area contributed by atoms with Crippen LogP contribution in [0.1, 0.15) is 0 Å². The first kappa shape index (κ1) is 8.87. The maximum atomic E-state index is 10.8. The summed E-state index contributed by atoms with van der Waals surface area (Å²) in [4.78, 5) is 14.2. The van der Waals surface area contributed by atoms with Crippen LogP contribution in [0, 0.1) is 0 Å². The minimum absolute atomic E-state index is 0. The molecule has 9 heavy (non-hydrogen) atoms. The standard InChI is InChI=1S/C5H10N2O.Li/c1-6-3-4-7(2)5(6)8;/h3-4H2,1-2H3;. The van der Waals surface area contributed by atoms with Crippen molar-refractivity contribution in [1.82, 2.24) is 9.80 Å². The van der Waals surface area contributed by atoms with Gasteiger partial charge >= 0.3 is 6.03 Å². The molecular weight excluding hydrogens is 111 g/mol. The maximum Gasteiger partial charge on any atom is 0.319 e. The van der Waals surface area contributed by atoms with Crippen LogP contribution in [0.4, 0.5) is 4.79 Å². The Morgan fingerprint density at radius 1 is 1.22 bits per heavy atom. The van der Waals surface area contributed by atoms with E-state index in [1.165, 1.54) is 0 Å². The summed E-state index contributed by atoms with van der Waals surface area (Å²) >= 11 is 0. The van der Waals surface area contributed by atoms with Crippen molar-refractivity contribution in [2.75, 3.05) is 27.2 Å². The zero-order valence-corrected chi connectivity index (χ0v) is 6.22. The van der Waals surface area contributed by atoms with Gasteiger partial charge in [0.1, 0.15) is 0 Å². The van der Waals surface area contributed by atoms with Gasteiger partial charge in [-0.1, -0.05) is 0 Å². The SMILES string of the molecule is CN1CCN(C)C1=O.[Li]. The Hall–Kier alpha value is -0.133. The molecule has 0 bridgehead atoms. The molecule has 47 valence electrons. The molecule has 0 N–H and O–H groups in total. The molecule has 1 fully saturated rings. The fourth-order valence-corrected chi connectivity index (χ4v) is 0.783. The summed E-state index contributed by atoms with van der Waals surface area (Å²) in [6.07, 6.45) is 0. The van der Waals surface area contributed by atoms with Gasteiger partial charge in [0.25, 0.3) is 0 Å². The quantitative estimate of drug-likeness (QED) is 0.400. The van der Waals surface area contributed by atoms with E-state index in [-0.39, 0.29) is 24.9 Å². The number of hydrogen-bond donors (Lipinski definition) is 0.